The van der Waals surface area contributed by atoms with Crippen LogP contribution in [0.2, 0.25) is 0 Å². The summed E-state index contributed by atoms with van der Waals surface area (Å²) in [5.74, 6) is -0.798. The van der Waals surface area contributed by atoms with Crippen molar-refractivity contribution in [2.24, 2.45) is 0 Å². The van der Waals surface area contributed by atoms with Crippen molar-refractivity contribution in [3.8, 4) is 5.75 Å². The minimum atomic E-state index is -5.27. The molecule has 0 fully saturated rings. The van der Waals surface area contributed by atoms with Crippen molar-refractivity contribution in [2.75, 3.05) is 11.2 Å². The first-order valence-electron chi connectivity index (χ1n) is 11.9. The quantitative estimate of drug-likeness (QED) is 0.0691. The Bertz CT molecular complexity index is 2670. The molecule has 0 saturated carbocycles. The number of aromatic hydroxyl groups is 1. The van der Waals surface area contributed by atoms with Gasteiger partial charge in [-0.3, -0.25) is 13.7 Å². The van der Waals surface area contributed by atoms with E-state index in [2.05, 4.69) is 7.91 Å². The van der Waals surface area contributed by atoms with Gasteiger partial charge in [-0.05, 0) is 66.0 Å². The van der Waals surface area contributed by atoms with Crippen molar-refractivity contribution in [2.45, 2.75) is 29.4 Å². The Morgan fingerprint density at radius 1 is 0.542 bits per heavy atom. The van der Waals surface area contributed by atoms with Gasteiger partial charge in [0.15, 0.2) is 0 Å². The molecule has 0 spiro atoms. The van der Waals surface area contributed by atoms with Crippen molar-refractivity contribution in [1.82, 2.24) is 0 Å². The summed E-state index contributed by atoms with van der Waals surface area (Å²) in [5.41, 5.74) is 5.29. The van der Waals surface area contributed by atoms with Crippen LogP contribution >= 0.6 is 0 Å². The van der Waals surface area contributed by atoms with Crippen molar-refractivity contribution in [3.63, 3.8) is 0 Å². The highest BCUT2D eigenvalue weighted by Crippen LogP contribution is 2.33. The zero-order valence-corrected chi connectivity index (χ0v) is 27.8. The summed E-state index contributed by atoms with van der Waals surface area (Å²) in [7, 11) is -30.6. The molecule has 0 saturated heterocycles. The zero-order valence-electron chi connectivity index (χ0n) is 22.9. The van der Waals surface area contributed by atoms with E-state index in [0.717, 1.165) is 12.1 Å². The van der Waals surface area contributed by atoms with E-state index < -0.39 is 107 Å². The molecule has 7 N–H and O–H groups in total. The van der Waals surface area contributed by atoms with E-state index in [1.165, 1.54) is 0 Å². The highest BCUT2D eigenvalue weighted by Gasteiger charge is 2.29. The fourth-order valence-electron chi connectivity index (χ4n) is 3.84. The van der Waals surface area contributed by atoms with Crippen LogP contribution in [-0.4, -0.2) is 69.3 Å². The molecular weight excluding hydrogens is 773 g/mol. The molecule has 0 aliphatic rings. The van der Waals surface area contributed by atoms with Crippen LogP contribution in [0, 0.1) is 0 Å². The molecule has 0 amide bonds. The summed E-state index contributed by atoms with van der Waals surface area (Å²) in [6, 6.07) is 6.79. The molecule has 4 rings (SSSR count). The lowest BCUT2D eigenvalue weighted by atomic mass is 10.1. The maximum absolute atomic E-state index is 12.9. The molecule has 0 heterocycles. The van der Waals surface area contributed by atoms with Crippen LogP contribution < -0.4 is 11.2 Å². The van der Waals surface area contributed by atoms with Gasteiger partial charge in [0.05, 0.1) is 26.1 Å². The first kappa shape index (κ1) is 36.9. The molecule has 0 bridgehead atoms. The fraction of sp³-hybridized carbons (Fsp3) is 0. The number of hydrogen-bond donors (Lipinski definition) is 6. The number of rotatable bonds is 11. The predicted molar refractivity (Wildman–Crippen MR) is 160 cm³/mol. The summed E-state index contributed by atoms with van der Waals surface area (Å²) in [6.45, 7) is 0. The van der Waals surface area contributed by atoms with E-state index in [4.69, 9.17) is 10.3 Å². The largest absolute Gasteiger partial charge is 0.507 e. The summed E-state index contributed by atoms with van der Waals surface area (Å²) in [6.07, 6.45) is 0. The van der Waals surface area contributed by atoms with Gasteiger partial charge in [-0.1, -0.05) is 0 Å². The van der Waals surface area contributed by atoms with Crippen LogP contribution in [0.25, 0.3) is 10.8 Å². The Morgan fingerprint density at radius 3 is 1.58 bits per heavy atom. The van der Waals surface area contributed by atoms with Crippen molar-refractivity contribution >= 4 is 82.9 Å². The van der Waals surface area contributed by atoms with Crippen LogP contribution in [0.4, 0.5) is 11.4 Å². The van der Waals surface area contributed by atoms with Crippen molar-refractivity contribution in [1.29, 1.82) is 0 Å². The summed E-state index contributed by atoms with van der Waals surface area (Å²) >= 11 is 0. The highest BCUT2D eigenvalue weighted by molar-refractivity contribution is 8.00. The van der Waals surface area contributed by atoms with E-state index in [9.17, 15) is 64.7 Å². The predicted octanol–water partition coefficient (Wildman–Crippen LogP) is 0.694. The molecule has 20 nitrogen and oxygen atoms in total. The average Bonchev–Trinajstić information content (AvgIpc) is 2.93. The SMILES string of the molecule is Nc1cc(S(=O)(=O)OS(=O)(=O)c2ccc3c(O)cc(S(=O)(=O)ONc4cc(S(=O)(=O)O)ccc4S(=O)(=O)O)cc3c2)ccc1S(=O)(=O)O. The third-order valence-electron chi connectivity index (χ3n) is 5.97. The third-order valence-corrected chi connectivity index (χ3v) is 12.9. The Balaban J connectivity index is 1.69. The first-order valence-corrected chi connectivity index (χ1v) is 20.4. The van der Waals surface area contributed by atoms with Gasteiger partial charge in [0.25, 0.3) is 30.4 Å². The minimum absolute atomic E-state index is 0.188. The summed E-state index contributed by atoms with van der Waals surface area (Å²) in [4.78, 5) is -5.70. The molecule has 4 aromatic carbocycles. The van der Waals surface area contributed by atoms with Crippen LogP contribution in [0.1, 0.15) is 0 Å². The van der Waals surface area contributed by atoms with Gasteiger partial charge in [0, 0.05) is 11.5 Å². The molecule has 0 unspecified atom stereocenters. The molecule has 0 aliphatic carbocycles. The van der Waals surface area contributed by atoms with Crippen LogP contribution in [0.15, 0.2) is 96.1 Å². The maximum Gasteiger partial charge on any atom is 0.317 e. The average molecular weight is 791 g/mol. The second-order valence-corrected chi connectivity index (χ2v) is 18.3. The maximum atomic E-state index is 12.9. The second kappa shape index (κ2) is 12.2. The number of phenols is 1. The van der Waals surface area contributed by atoms with E-state index >= 15 is 0 Å². The molecule has 0 radical (unpaired) electrons. The Morgan fingerprint density at radius 2 is 1.04 bits per heavy atom. The standard InChI is InChI=1S/C22H18N2O18S6/c23-18-9-15(3-5-21(18)44(29,30)31)48(39,40)42-47(37,38)14-1-4-17-12(7-14)8-16(11-20(17)25)46(35,36)41-24-19-10-13(43(26,27)28)2-6-22(19)45(32,33)34/h1-11,24-25H,23H2,(H,26,27,28)(H,29,30,31)(H,32,33,34). The normalized spacial score (nSPS) is 13.4. The van der Waals surface area contributed by atoms with Gasteiger partial charge in [-0.15, -0.1) is 7.91 Å². The van der Waals surface area contributed by atoms with Gasteiger partial charge in [-0.2, -0.15) is 50.5 Å². The van der Waals surface area contributed by atoms with Crippen molar-refractivity contribution in [3.05, 3.63) is 66.7 Å². The molecular formula is C22H18N2O18S6. The lowest BCUT2D eigenvalue weighted by molar-refractivity contribution is 0.387. The topological polar surface area (TPSA) is 342 Å². The van der Waals surface area contributed by atoms with Crippen LogP contribution in [0.5, 0.6) is 5.75 Å². The van der Waals surface area contributed by atoms with E-state index in [1.54, 1.807) is 5.48 Å². The highest BCUT2D eigenvalue weighted by atomic mass is 32.3. The number of nitrogens with two attached hydrogens (primary N) is 1. The molecule has 4 aromatic rings. The fourth-order valence-corrected chi connectivity index (χ4v) is 8.97. The van der Waals surface area contributed by atoms with Crippen LogP contribution in [0.3, 0.4) is 0 Å². The van der Waals surface area contributed by atoms with Gasteiger partial charge >= 0.3 is 30.4 Å². The molecule has 0 atom stereocenters. The van der Waals surface area contributed by atoms with E-state index in [0.29, 0.717) is 54.6 Å². The third kappa shape index (κ3) is 7.84. The number of phenolic OH excluding ortho intramolecular Hbond substituents is 1. The smallest absolute Gasteiger partial charge is 0.317 e. The molecule has 0 aliphatic heterocycles. The van der Waals surface area contributed by atoms with Gasteiger partial charge < -0.3 is 10.8 Å². The Labute approximate surface area is 271 Å². The number of fused-ring (bicyclic) bond motifs is 1. The Kier molecular flexibility index (Phi) is 9.35. The second-order valence-electron chi connectivity index (χ2n) is 9.22. The number of nitrogen functional groups attached to an aromatic ring is 1. The summed E-state index contributed by atoms with van der Waals surface area (Å²) in [5, 5.41) is 9.85. The summed E-state index contributed by atoms with van der Waals surface area (Å²) < 4.78 is 182. The molecule has 0 aromatic heterocycles. The monoisotopic (exact) mass is 790 g/mol. The Hall–Kier alpha value is -3.96. The van der Waals surface area contributed by atoms with Gasteiger partial charge in [0.1, 0.15) is 20.4 Å². The van der Waals surface area contributed by atoms with E-state index in [-0.39, 0.29) is 10.8 Å². The van der Waals surface area contributed by atoms with Gasteiger partial charge in [-0.25, -0.2) is 5.48 Å². The van der Waals surface area contributed by atoms with Gasteiger partial charge in [0.2, 0.25) is 0 Å². The molecule has 48 heavy (non-hydrogen) atoms. The van der Waals surface area contributed by atoms with Crippen LogP contribution in [-0.2, 0) is 68.6 Å². The number of anilines is 2. The number of nitrogens with one attached hydrogen (secondary N) is 1. The van der Waals surface area contributed by atoms with Crippen molar-refractivity contribution < 1.29 is 77.2 Å². The molecule has 260 valence electrons. The number of hydrogen-bond acceptors (Lipinski definition) is 17. The lowest BCUT2D eigenvalue weighted by Gasteiger charge is -2.13. The lowest BCUT2D eigenvalue weighted by Crippen LogP contribution is -2.15. The zero-order chi connectivity index (χ0) is 36.3. The van der Waals surface area contributed by atoms with E-state index in [1.807, 2.05) is 0 Å². The minimum Gasteiger partial charge on any atom is -0.507 e. The molecule has 26 heteroatoms. The number of benzene rings is 4. The first-order chi connectivity index (χ1) is 21.7.